The number of nitrogens with zero attached hydrogens (tertiary/aromatic N) is 2. The molecule has 0 unspecified atom stereocenters. The molecule has 98 valence electrons. The third-order valence-electron chi connectivity index (χ3n) is 2.62. The van der Waals surface area contributed by atoms with Crippen LogP contribution in [0.2, 0.25) is 0 Å². The molecule has 0 bridgehead atoms. The predicted molar refractivity (Wildman–Crippen MR) is 67.5 cm³/mol. The normalized spacial score (nSPS) is 10.6. The van der Waals surface area contributed by atoms with Gasteiger partial charge in [0.25, 0.3) is 5.56 Å². The number of nitriles is 1. The largest absolute Gasteiger partial charge is 0.506 e. The summed E-state index contributed by atoms with van der Waals surface area (Å²) < 4.78 is 6.72. The first kappa shape index (κ1) is 14.3. The quantitative estimate of drug-likeness (QED) is 0.804. The van der Waals surface area contributed by atoms with Crippen molar-refractivity contribution in [2.45, 2.75) is 39.8 Å². The number of rotatable bonds is 5. The molecule has 0 aliphatic carbocycles. The molecule has 0 atom stereocenters. The van der Waals surface area contributed by atoms with Crippen LogP contribution in [0.15, 0.2) is 11.0 Å². The molecule has 1 aromatic rings. The van der Waals surface area contributed by atoms with Crippen LogP contribution in [0, 0.1) is 18.3 Å². The maximum atomic E-state index is 11.9. The second-order valence-corrected chi connectivity index (χ2v) is 4.40. The van der Waals surface area contributed by atoms with Crippen LogP contribution in [0.4, 0.5) is 0 Å². The molecule has 0 saturated heterocycles. The van der Waals surface area contributed by atoms with E-state index in [0.717, 1.165) is 0 Å². The molecule has 5 heteroatoms. The van der Waals surface area contributed by atoms with Crippen LogP contribution < -0.4 is 5.56 Å². The lowest BCUT2D eigenvalue weighted by molar-refractivity contribution is 0.0747. The van der Waals surface area contributed by atoms with Crippen molar-refractivity contribution in [1.29, 1.82) is 5.26 Å². The number of aryl methyl sites for hydroxylation is 1. The monoisotopic (exact) mass is 250 g/mol. The molecule has 0 aromatic carbocycles. The van der Waals surface area contributed by atoms with Gasteiger partial charge in [-0.1, -0.05) is 0 Å². The van der Waals surface area contributed by atoms with Crippen LogP contribution in [-0.4, -0.2) is 22.4 Å². The lowest BCUT2D eigenvalue weighted by Gasteiger charge is -2.10. The van der Waals surface area contributed by atoms with Gasteiger partial charge < -0.3 is 14.4 Å². The summed E-state index contributed by atoms with van der Waals surface area (Å²) in [5.74, 6) is -0.0315. The van der Waals surface area contributed by atoms with Crippen LogP contribution in [0.25, 0.3) is 0 Å². The third-order valence-corrected chi connectivity index (χ3v) is 2.62. The maximum absolute atomic E-state index is 11.9. The highest BCUT2D eigenvalue weighted by atomic mass is 16.5. The highest BCUT2D eigenvalue weighted by Gasteiger charge is 2.11. The third kappa shape index (κ3) is 3.34. The highest BCUT2D eigenvalue weighted by Crippen LogP contribution is 2.15. The number of pyridine rings is 1. The Bertz CT molecular complexity index is 512. The van der Waals surface area contributed by atoms with Crippen LogP contribution in [-0.2, 0) is 11.3 Å². The van der Waals surface area contributed by atoms with Crippen molar-refractivity contribution in [2.24, 2.45) is 0 Å². The van der Waals surface area contributed by atoms with Crippen LogP contribution in [0.5, 0.6) is 5.75 Å². The first-order chi connectivity index (χ1) is 8.47. The van der Waals surface area contributed by atoms with E-state index in [9.17, 15) is 9.90 Å². The first-order valence-corrected chi connectivity index (χ1v) is 5.92. The van der Waals surface area contributed by atoms with E-state index >= 15 is 0 Å². The highest BCUT2D eigenvalue weighted by molar-refractivity contribution is 5.42. The van der Waals surface area contributed by atoms with Gasteiger partial charge in [-0.25, -0.2) is 0 Å². The standard InChI is InChI=1S/C13H18N2O3/c1-9(2)18-6-4-5-15-8-12(16)10(3)11(7-14)13(15)17/h8-9,16H,4-6H2,1-3H3. The molecular weight excluding hydrogens is 232 g/mol. The molecule has 0 aliphatic rings. The smallest absolute Gasteiger partial charge is 0.268 e. The first-order valence-electron chi connectivity index (χ1n) is 5.92. The zero-order valence-corrected chi connectivity index (χ0v) is 10.9. The molecule has 1 rings (SSSR count). The van der Waals surface area contributed by atoms with Gasteiger partial charge >= 0.3 is 0 Å². The average molecular weight is 250 g/mol. The molecule has 0 radical (unpaired) electrons. The summed E-state index contributed by atoms with van der Waals surface area (Å²) in [4.78, 5) is 11.9. The molecule has 18 heavy (non-hydrogen) atoms. The number of aromatic nitrogens is 1. The summed E-state index contributed by atoms with van der Waals surface area (Å²) in [5, 5.41) is 18.5. The summed E-state index contributed by atoms with van der Waals surface area (Å²) in [6.07, 6.45) is 2.18. The zero-order valence-electron chi connectivity index (χ0n) is 10.9. The number of ether oxygens (including phenoxy) is 1. The predicted octanol–water partition coefficient (Wildman–Crippen LogP) is 1.55. The van der Waals surface area contributed by atoms with Crippen molar-refractivity contribution < 1.29 is 9.84 Å². The Morgan fingerprint density at radius 2 is 2.22 bits per heavy atom. The van der Waals surface area contributed by atoms with Gasteiger partial charge in [-0.05, 0) is 27.2 Å². The van der Waals surface area contributed by atoms with E-state index in [-0.39, 0.29) is 23.0 Å². The van der Waals surface area contributed by atoms with Gasteiger partial charge in [-0.2, -0.15) is 5.26 Å². The van der Waals surface area contributed by atoms with Gasteiger partial charge in [0.2, 0.25) is 0 Å². The van der Waals surface area contributed by atoms with E-state index < -0.39 is 0 Å². The number of hydrogen-bond acceptors (Lipinski definition) is 4. The Kier molecular flexibility index (Phi) is 4.93. The van der Waals surface area contributed by atoms with Gasteiger partial charge in [0.05, 0.1) is 6.10 Å². The summed E-state index contributed by atoms with van der Waals surface area (Å²) in [7, 11) is 0. The van der Waals surface area contributed by atoms with Crippen LogP contribution in [0.1, 0.15) is 31.4 Å². The molecular formula is C13H18N2O3. The minimum absolute atomic E-state index is 0.000206. The number of hydrogen-bond donors (Lipinski definition) is 1. The maximum Gasteiger partial charge on any atom is 0.268 e. The van der Waals surface area contributed by atoms with E-state index in [1.807, 2.05) is 19.9 Å². The SMILES string of the molecule is Cc1c(O)cn(CCCOC(C)C)c(=O)c1C#N. The van der Waals surface area contributed by atoms with E-state index in [2.05, 4.69) is 0 Å². The number of aromatic hydroxyl groups is 1. The topological polar surface area (TPSA) is 75.2 Å². The summed E-state index contributed by atoms with van der Waals surface area (Å²) in [5.41, 5.74) is -0.0331. The van der Waals surface area contributed by atoms with Crippen molar-refractivity contribution in [3.05, 3.63) is 27.7 Å². The van der Waals surface area contributed by atoms with Gasteiger partial charge in [0.15, 0.2) is 0 Å². The molecule has 0 saturated carbocycles. The minimum atomic E-state index is -0.364. The van der Waals surface area contributed by atoms with Gasteiger partial charge in [0.1, 0.15) is 17.4 Å². The zero-order chi connectivity index (χ0) is 13.7. The molecule has 0 spiro atoms. The van der Waals surface area contributed by atoms with Crippen LogP contribution >= 0.6 is 0 Å². The Morgan fingerprint density at radius 3 is 2.78 bits per heavy atom. The fourth-order valence-corrected chi connectivity index (χ4v) is 1.59. The van der Waals surface area contributed by atoms with Crippen molar-refractivity contribution in [1.82, 2.24) is 4.57 Å². The molecule has 0 amide bonds. The Morgan fingerprint density at radius 1 is 1.56 bits per heavy atom. The van der Waals surface area contributed by atoms with Crippen molar-refractivity contribution in [3.8, 4) is 11.8 Å². The Balaban J connectivity index is 2.82. The molecule has 1 aromatic heterocycles. The van der Waals surface area contributed by atoms with Crippen molar-refractivity contribution >= 4 is 0 Å². The van der Waals surface area contributed by atoms with Crippen molar-refractivity contribution in [3.63, 3.8) is 0 Å². The molecule has 1 heterocycles. The van der Waals surface area contributed by atoms with Crippen molar-refractivity contribution in [2.75, 3.05) is 6.61 Å². The molecule has 1 N–H and O–H groups in total. The lowest BCUT2D eigenvalue weighted by atomic mass is 10.1. The summed E-state index contributed by atoms with van der Waals surface area (Å²) in [6.45, 7) is 6.41. The second kappa shape index (κ2) is 6.22. The van der Waals surface area contributed by atoms with E-state index in [1.165, 1.54) is 10.8 Å². The second-order valence-electron chi connectivity index (χ2n) is 4.40. The van der Waals surface area contributed by atoms with E-state index in [4.69, 9.17) is 10.00 Å². The van der Waals surface area contributed by atoms with Crippen LogP contribution in [0.3, 0.4) is 0 Å². The summed E-state index contributed by atoms with van der Waals surface area (Å²) in [6, 6.07) is 1.83. The fraction of sp³-hybridized carbons (Fsp3) is 0.538. The van der Waals surface area contributed by atoms with Gasteiger partial charge in [-0.15, -0.1) is 0 Å². The average Bonchev–Trinajstić information content (AvgIpc) is 2.31. The minimum Gasteiger partial charge on any atom is -0.506 e. The molecule has 5 nitrogen and oxygen atoms in total. The Hall–Kier alpha value is -1.80. The van der Waals surface area contributed by atoms with E-state index in [0.29, 0.717) is 25.1 Å². The molecule has 0 fully saturated rings. The fourth-order valence-electron chi connectivity index (χ4n) is 1.59. The summed E-state index contributed by atoms with van der Waals surface area (Å²) >= 11 is 0. The van der Waals surface area contributed by atoms with E-state index in [1.54, 1.807) is 6.92 Å². The van der Waals surface area contributed by atoms with Gasteiger partial charge in [0, 0.05) is 24.9 Å². The Labute approximate surface area is 106 Å². The lowest BCUT2D eigenvalue weighted by Crippen LogP contribution is -2.24. The van der Waals surface area contributed by atoms with Gasteiger partial charge in [-0.3, -0.25) is 4.79 Å². The molecule has 0 aliphatic heterocycles.